The molecule has 2 aliphatic heterocycles. The number of allylic oxidation sites excluding steroid dienone is 1. The van der Waals surface area contributed by atoms with E-state index in [-0.39, 0.29) is 12.0 Å². The molecule has 0 radical (unpaired) electrons. The summed E-state index contributed by atoms with van der Waals surface area (Å²) >= 11 is 0. The molecule has 0 aliphatic carbocycles. The third-order valence-corrected chi connectivity index (χ3v) is 3.27. The Morgan fingerprint density at radius 2 is 2.22 bits per heavy atom. The third kappa shape index (κ3) is 4.31. The zero-order valence-corrected chi connectivity index (χ0v) is 10.8. The average Bonchev–Trinajstić information content (AvgIpc) is 2.45. The number of nitrogens with zero attached hydrogens (tertiary/aromatic N) is 1. The molecule has 5 nitrogen and oxygen atoms in total. The first-order valence-corrected chi connectivity index (χ1v) is 6.73. The van der Waals surface area contributed by atoms with Crippen molar-refractivity contribution >= 4 is 5.91 Å². The largest absolute Gasteiger partial charge is 0.497 e. The lowest BCUT2D eigenvalue weighted by molar-refractivity contribution is -0.135. The predicted octanol–water partition coefficient (Wildman–Crippen LogP) is 0.518. The van der Waals surface area contributed by atoms with E-state index in [1.54, 1.807) is 6.26 Å². The van der Waals surface area contributed by atoms with E-state index in [2.05, 4.69) is 5.32 Å². The molecule has 1 unspecified atom stereocenters. The van der Waals surface area contributed by atoms with Crippen molar-refractivity contribution < 1.29 is 14.3 Å². The van der Waals surface area contributed by atoms with Gasteiger partial charge >= 0.3 is 0 Å². The SMILES string of the molecule is O=C(CCNCC1CCC=CO1)N1CCOCC1. The summed E-state index contributed by atoms with van der Waals surface area (Å²) < 4.78 is 10.7. The maximum absolute atomic E-state index is 11.8. The summed E-state index contributed by atoms with van der Waals surface area (Å²) in [4.78, 5) is 13.7. The maximum atomic E-state index is 11.8. The Balaban J connectivity index is 1.54. The summed E-state index contributed by atoms with van der Waals surface area (Å²) in [5.74, 6) is 0.218. The van der Waals surface area contributed by atoms with E-state index in [1.807, 2.05) is 11.0 Å². The topological polar surface area (TPSA) is 50.8 Å². The van der Waals surface area contributed by atoms with Gasteiger partial charge in [-0.05, 0) is 18.9 Å². The Morgan fingerprint density at radius 3 is 2.94 bits per heavy atom. The molecule has 0 saturated carbocycles. The van der Waals surface area contributed by atoms with E-state index in [0.29, 0.717) is 19.6 Å². The normalized spacial score (nSPS) is 23.8. The molecule has 0 aromatic heterocycles. The highest BCUT2D eigenvalue weighted by atomic mass is 16.5. The predicted molar refractivity (Wildman–Crippen MR) is 68.1 cm³/mol. The van der Waals surface area contributed by atoms with Crippen molar-refractivity contribution in [1.82, 2.24) is 10.2 Å². The molecule has 1 atom stereocenters. The molecular formula is C13H22N2O3. The first-order chi connectivity index (χ1) is 8.86. The molecule has 0 bridgehead atoms. The minimum atomic E-state index is 0.218. The van der Waals surface area contributed by atoms with Crippen molar-refractivity contribution in [1.29, 1.82) is 0 Å². The van der Waals surface area contributed by atoms with Crippen LogP contribution in [0.4, 0.5) is 0 Å². The molecule has 0 aromatic carbocycles. The van der Waals surface area contributed by atoms with Crippen molar-refractivity contribution in [3.63, 3.8) is 0 Å². The van der Waals surface area contributed by atoms with Crippen molar-refractivity contribution in [3.05, 3.63) is 12.3 Å². The van der Waals surface area contributed by atoms with Gasteiger partial charge in [-0.25, -0.2) is 0 Å². The zero-order valence-electron chi connectivity index (χ0n) is 10.8. The van der Waals surface area contributed by atoms with Gasteiger partial charge in [0.2, 0.25) is 5.91 Å². The van der Waals surface area contributed by atoms with Crippen LogP contribution in [-0.2, 0) is 14.3 Å². The van der Waals surface area contributed by atoms with Crippen LogP contribution < -0.4 is 5.32 Å². The monoisotopic (exact) mass is 254 g/mol. The molecule has 2 heterocycles. The Hall–Kier alpha value is -1.07. The standard InChI is InChI=1S/C13H22N2O3/c16-13(15-6-9-17-10-7-15)4-5-14-11-12-3-1-2-8-18-12/h2,8,12,14H,1,3-7,9-11H2. The van der Waals surface area contributed by atoms with Gasteiger partial charge in [-0.3, -0.25) is 4.79 Å². The number of carbonyl (C=O) groups is 1. The molecule has 18 heavy (non-hydrogen) atoms. The van der Waals surface area contributed by atoms with Crippen LogP contribution >= 0.6 is 0 Å². The van der Waals surface area contributed by atoms with Crippen molar-refractivity contribution in [2.45, 2.75) is 25.4 Å². The summed E-state index contributed by atoms with van der Waals surface area (Å²) in [7, 11) is 0. The molecule has 1 fully saturated rings. The summed E-state index contributed by atoms with van der Waals surface area (Å²) in [5.41, 5.74) is 0. The molecule has 2 rings (SSSR count). The molecule has 2 aliphatic rings. The van der Waals surface area contributed by atoms with Gasteiger partial charge in [0.15, 0.2) is 0 Å². The number of morpholine rings is 1. The Morgan fingerprint density at radius 1 is 1.39 bits per heavy atom. The molecule has 5 heteroatoms. The highest BCUT2D eigenvalue weighted by Gasteiger charge is 2.16. The quantitative estimate of drug-likeness (QED) is 0.727. The van der Waals surface area contributed by atoms with Crippen LogP contribution in [0.3, 0.4) is 0 Å². The summed E-state index contributed by atoms with van der Waals surface area (Å²) in [6, 6.07) is 0. The van der Waals surface area contributed by atoms with E-state index >= 15 is 0 Å². The van der Waals surface area contributed by atoms with Crippen LogP contribution in [0.25, 0.3) is 0 Å². The maximum Gasteiger partial charge on any atom is 0.224 e. The second-order valence-electron chi connectivity index (χ2n) is 4.65. The van der Waals surface area contributed by atoms with Gasteiger partial charge in [0.05, 0.1) is 19.5 Å². The van der Waals surface area contributed by atoms with Gasteiger partial charge in [0, 0.05) is 32.6 Å². The number of hydrogen-bond acceptors (Lipinski definition) is 4. The van der Waals surface area contributed by atoms with Gasteiger partial charge in [-0.15, -0.1) is 0 Å². The fraction of sp³-hybridized carbons (Fsp3) is 0.769. The van der Waals surface area contributed by atoms with E-state index in [9.17, 15) is 4.79 Å². The van der Waals surface area contributed by atoms with E-state index < -0.39 is 0 Å². The number of amides is 1. The second-order valence-corrected chi connectivity index (χ2v) is 4.65. The van der Waals surface area contributed by atoms with Crippen LogP contribution in [0.5, 0.6) is 0 Å². The molecule has 0 aromatic rings. The van der Waals surface area contributed by atoms with Gasteiger partial charge < -0.3 is 19.7 Å². The summed E-state index contributed by atoms with van der Waals surface area (Å²) in [6.45, 7) is 4.34. The first kappa shape index (κ1) is 13.4. The van der Waals surface area contributed by atoms with Crippen LogP contribution in [-0.4, -0.2) is 56.3 Å². The number of carbonyl (C=O) groups excluding carboxylic acids is 1. The minimum Gasteiger partial charge on any atom is -0.497 e. The first-order valence-electron chi connectivity index (χ1n) is 6.73. The van der Waals surface area contributed by atoms with E-state index in [1.165, 1.54) is 0 Å². The fourth-order valence-electron chi connectivity index (χ4n) is 2.16. The van der Waals surface area contributed by atoms with Crippen molar-refractivity contribution in [2.75, 3.05) is 39.4 Å². The van der Waals surface area contributed by atoms with E-state index in [0.717, 1.165) is 39.0 Å². The molecule has 0 spiro atoms. The lowest BCUT2D eigenvalue weighted by Crippen LogP contribution is -2.42. The Kier molecular flexibility index (Phi) is 5.48. The van der Waals surface area contributed by atoms with Crippen LogP contribution in [0.15, 0.2) is 12.3 Å². The number of nitrogens with one attached hydrogen (secondary N) is 1. The number of ether oxygens (including phenoxy) is 2. The van der Waals surface area contributed by atoms with Gasteiger partial charge in [-0.1, -0.05) is 0 Å². The molecule has 1 amide bonds. The van der Waals surface area contributed by atoms with E-state index in [4.69, 9.17) is 9.47 Å². The van der Waals surface area contributed by atoms with Gasteiger partial charge in [0.1, 0.15) is 6.10 Å². The number of rotatable bonds is 5. The Bertz CT molecular complexity index is 288. The Labute approximate surface area is 108 Å². The van der Waals surface area contributed by atoms with Crippen LogP contribution in [0, 0.1) is 0 Å². The lowest BCUT2D eigenvalue weighted by Gasteiger charge is -2.27. The highest BCUT2D eigenvalue weighted by Crippen LogP contribution is 2.08. The number of hydrogen-bond donors (Lipinski definition) is 1. The minimum absolute atomic E-state index is 0.218. The van der Waals surface area contributed by atoms with Crippen molar-refractivity contribution in [3.8, 4) is 0 Å². The van der Waals surface area contributed by atoms with Crippen molar-refractivity contribution in [2.24, 2.45) is 0 Å². The summed E-state index contributed by atoms with van der Waals surface area (Å²) in [5, 5.41) is 3.29. The average molecular weight is 254 g/mol. The van der Waals surface area contributed by atoms with Crippen LogP contribution in [0.2, 0.25) is 0 Å². The summed E-state index contributed by atoms with van der Waals surface area (Å²) in [6.07, 6.45) is 6.77. The third-order valence-electron chi connectivity index (χ3n) is 3.27. The van der Waals surface area contributed by atoms with Crippen LogP contribution in [0.1, 0.15) is 19.3 Å². The molecule has 1 N–H and O–H groups in total. The van der Waals surface area contributed by atoms with Gasteiger partial charge in [-0.2, -0.15) is 0 Å². The van der Waals surface area contributed by atoms with Gasteiger partial charge in [0.25, 0.3) is 0 Å². The molecular weight excluding hydrogens is 232 g/mol. The smallest absolute Gasteiger partial charge is 0.224 e. The fourth-order valence-corrected chi connectivity index (χ4v) is 2.16. The zero-order chi connectivity index (χ0) is 12.6. The molecule has 1 saturated heterocycles. The molecule has 102 valence electrons. The highest BCUT2D eigenvalue weighted by molar-refractivity contribution is 5.76. The lowest BCUT2D eigenvalue weighted by atomic mass is 10.1. The second kappa shape index (κ2) is 7.38.